The van der Waals surface area contributed by atoms with Crippen molar-refractivity contribution >= 4 is 5.91 Å². The van der Waals surface area contributed by atoms with Crippen LogP contribution < -0.4 is 5.32 Å². The second-order valence-corrected chi connectivity index (χ2v) is 5.93. The molecule has 0 aliphatic carbocycles. The van der Waals surface area contributed by atoms with Crippen LogP contribution in [0.1, 0.15) is 47.0 Å². The molecule has 1 heterocycles. The average molecular weight is 240 g/mol. The Labute approximate surface area is 106 Å². The molecule has 0 aromatic heterocycles. The molecule has 0 unspecified atom stereocenters. The van der Waals surface area contributed by atoms with Crippen molar-refractivity contribution in [2.24, 2.45) is 11.8 Å². The number of piperidine rings is 1. The Morgan fingerprint density at radius 3 is 2.29 bits per heavy atom. The zero-order valence-electron chi connectivity index (χ0n) is 11.8. The summed E-state index contributed by atoms with van der Waals surface area (Å²) in [5.74, 6) is 1.49. The van der Waals surface area contributed by atoms with Gasteiger partial charge in [0.05, 0.1) is 0 Å². The monoisotopic (exact) mass is 240 g/mol. The standard InChI is InChI=1S/C14H28N2O/c1-11(2)10-16(12(3)4)14(17)9-13-5-7-15-8-6-13/h11-13,15H,5-10H2,1-4H3. The highest BCUT2D eigenvalue weighted by atomic mass is 16.2. The fourth-order valence-corrected chi connectivity index (χ4v) is 2.44. The van der Waals surface area contributed by atoms with Gasteiger partial charge in [0.2, 0.25) is 5.91 Å². The third-order valence-corrected chi connectivity index (χ3v) is 3.43. The van der Waals surface area contributed by atoms with E-state index in [4.69, 9.17) is 0 Å². The molecule has 1 aliphatic rings. The average Bonchev–Trinajstić information content (AvgIpc) is 2.26. The first-order valence-corrected chi connectivity index (χ1v) is 7.01. The largest absolute Gasteiger partial charge is 0.340 e. The van der Waals surface area contributed by atoms with Crippen LogP contribution in [0.3, 0.4) is 0 Å². The smallest absolute Gasteiger partial charge is 0.223 e. The van der Waals surface area contributed by atoms with Gasteiger partial charge < -0.3 is 10.2 Å². The van der Waals surface area contributed by atoms with Crippen molar-refractivity contribution in [1.29, 1.82) is 0 Å². The van der Waals surface area contributed by atoms with Crippen molar-refractivity contribution in [3.63, 3.8) is 0 Å². The zero-order chi connectivity index (χ0) is 12.8. The van der Waals surface area contributed by atoms with E-state index in [0.717, 1.165) is 38.9 Å². The third kappa shape index (κ3) is 5.07. The number of nitrogens with one attached hydrogen (secondary N) is 1. The van der Waals surface area contributed by atoms with Crippen molar-refractivity contribution in [2.75, 3.05) is 19.6 Å². The highest BCUT2D eigenvalue weighted by molar-refractivity contribution is 5.76. The first kappa shape index (κ1) is 14.5. The van der Waals surface area contributed by atoms with Crippen LogP contribution in [0.5, 0.6) is 0 Å². The van der Waals surface area contributed by atoms with E-state index < -0.39 is 0 Å². The van der Waals surface area contributed by atoms with Crippen LogP contribution in [0.4, 0.5) is 0 Å². The summed E-state index contributed by atoms with van der Waals surface area (Å²) in [4.78, 5) is 14.3. The van der Waals surface area contributed by atoms with E-state index in [1.165, 1.54) is 0 Å². The van der Waals surface area contributed by atoms with Gasteiger partial charge in [0.15, 0.2) is 0 Å². The van der Waals surface area contributed by atoms with Gasteiger partial charge in [-0.1, -0.05) is 13.8 Å². The molecule has 0 bridgehead atoms. The molecule has 1 aliphatic heterocycles. The van der Waals surface area contributed by atoms with Crippen molar-refractivity contribution in [3.05, 3.63) is 0 Å². The molecule has 1 N–H and O–H groups in total. The Hall–Kier alpha value is -0.570. The zero-order valence-corrected chi connectivity index (χ0v) is 11.8. The molecule has 17 heavy (non-hydrogen) atoms. The highest BCUT2D eigenvalue weighted by Crippen LogP contribution is 2.18. The molecular formula is C14H28N2O. The molecule has 1 amide bonds. The van der Waals surface area contributed by atoms with Gasteiger partial charge in [-0.2, -0.15) is 0 Å². The summed E-state index contributed by atoms with van der Waals surface area (Å²) in [6.45, 7) is 11.6. The number of rotatable bonds is 5. The van der Waals surface area contributed by atoms with E-state index in [0.29, 0.717) is 23.8 Å². The summed E-state index contributed by atoms with van der Waals surface area (Å²) in [5, 5.41) is 3.35. The molecule has 100 valence electrons. The SMILES string of the molecule is CC(C)CN(C(=O)CC1CCNCC1)C(C)C. The summed E-state index contributed by atoms with van der Waals surface area (Å²) in [6.07, 6.45) is 3.05. The molecule has 0 atom stereocenters. The Morgan fingerprint density at radius 1 is 1.24 bits per heavy atom. The lowest BCUT2D eigenvalue weighted by Crippen LogP contribution is -2.41. The Morgan fingerprint density at radius 2 is 1.82 bits per heavy atom. The molecule has 0 aromatic carbocycles. The maximum absolute atomic E-state index is 12.3. The van der Waals surface area contributed by atoms with Crippen LogP contribution in [0.25, 0.3) is 0 Å². The van der Waals surface area contributed by atoms with Gasteiger partial charge in [-0.25, -0.2) is 0 Å². The van der Waals surface area contributed by atoms with E-state index in [-0.39, 0.29) is 0 Å². The third-order valence-electron chi connectivity index (χ3n) is 3.43. The van der Waals surface area contributed by atoms with Crippen molar-refractivity contribution in [1.82, 2.24) is 10.2 Å². The molecule has 0 spiro atoms. The summed E-state index contributed by atoms with van der Waals surface area (Å²) in [7, 11) is 0. The second-order valence-electron chi connectivity index (χ2n) is 5.93. The van der Waals surface area contributed by atoms with Gasteiger partial charge in [0.25, 0.3) is 0 Å². The first-order valence-electron chi connectivity index (χ1n) is 7.01. The molecule has 3 nitrogen and oxygen atoms in total. The molecule has 1 saturated heterocycles. The number of amides is 1. The Kier molecular flexibility index (Phi) is 5.96. The van der Waals surface area contributed by atoms with Gasteiger partial charge in [0, 0.05) is 19.0 Å². The fraction of sp³-hybridized carbons (Fsp3) is 0.929. The first-order chi connectivity index (χ1) is 8.00. The minimum absolute atomic E-state index is 0.326. The van der Waals surface area contributed by atoms with Gasteiger partial charge in [-0.05, 0) is 51.6 Å². The van der Waals surface area contributed by atoms with Gasteiger partial charge in [0.1, 0.15) is 0 Å². The van der Waals surface area contributed by atoms with Crippen LogP contribution in [-0.2, 0) is 4.79 Å². The fourth-order valence-electron chi connectivity index (χ4n) is 2.44. The molecule has 3 heteroatoms. The van der Waals surface area contributed by atoms with E-state index in [2.05, 4.69) is 33.0 Å². The number of hydrogen-bond donors (Lipinski definition) is 1. The maximum atomic E-state index is 12.3. The predicted molar refractivity (Wildman–Crippen MR) is 71.9 cm³/mol. The summed E-state index contributed by atoms with van der Waals surface area (Å²) < 4.78 is 0. The van der Waals surface area contributed by atoms with Crippen molar-refractivity contribution in [3.8, 4) is 0 Å². The summed E-state index contributed by atoms with van der Waals surface area (Å²) in [6, 6.07) is 0.326. The molecule has 0 aromatic rings. The van der Waals surface area contributed by atoms with Gasteiger partial charge >= 0.3 is 0 Å². The number of hydrogen-bond acceptors (Lipinski definition) is 2. The maximum Gasteiger partial charge on any atom is 0.223 e. The lowest BCUT2D eigenvalue weighted by atomic mass is 9.93. The molecule has 1 rings (SSSR count). The van der Waals surface area contributed by atoms with E-state index in [1.807, 2.05) is 4.90 Å². The number of carbonyl (C=O) groups is 1. The second kappa shape index (κ2) is 7.00. The quantitative estimate of drug-likeness (QED) is 0.799. The normalized spacial score (nSPS) is 17.8. The highest BCUT2D eigenvalue weighted by Gasteiger charge is 2.22. The molecular weight excluding hydrogens is 212 g/mol. The van der Waals surface area contributed by atoms with Crippen LogP contribution >= 0.6 is 0 Å². The topological polar surface area (TPSA) is 32.3 Å². The van der Waals surface area contributed by atoms with Crippen LogP contribution in [0, 0.1) is 11.8 Å². The number of nitrogens with zero attached hydrogens (tertiary/aromatic N) is 1. The minimum atomic E-state index is 0.326. The lowest BCUT2D eigenvalue weighted by Gasteiger charge is -2.31. The number of carbonyl (C=O) groups excluding carboxylic acids is 1. The molecule has 0 radical (unpaired) electrons. The van der Waals surface area contributed by atoms with Crippen LogP contribution in [-0.4, -0.2) is 36.5 Å². The Balaban J connectivity index is 2.46. The van der Waals surface area contributed by atoms with Crippen molar-refractivity contribution in [2.45, 2.75) is 53.0 Å². The summed E-state index contributed by atoms with van der Waals surface area (Å²) in [5.41, 5.74) is 0. The summed E-state index contributed by atoms with van der Waals surface area (Å²) >= 11 is 0. The van der Waals surface area contributed by atoms with E-state index in [1.54, 1.807) is 0 Å². The van der Waals surface area contributed by atoms with E-state index >= 15 is 0 Å². The van der Waals surface area contributed by atoms with Gasteiger partial charge in [-0.15, -0.1) is 0 Å². The molecule has 1 fully saturated rings. The minimum Gasteiger partial charge on any atom is -0.340 e. The van der Waals surface area contributed by atoms with Gasteiger partial charge in [-0.3, -0.25) is 4.79 Å². The molecule has 0 saturated carbocycles. The lowest BCUT2D eigenvalue weighted by molar-refractivity contribution is -0.134. The Bertz CT molecular complexity index is 232. The predicted octanol–water partition coefficient (Wildman–Crippen LogP) is 2.27. The van der Waals surface area contributed by atoms with Crippen LogP contribution in [0.15, 0.2) is 0 Å². The van der Waals surface area contributed by atoms with Crippen LogP contribution in [0.2, 0.25) is 0 Å². The van der Waals surface area contributed by atoms with Crippen molar-refractivity contribution < 1.29 is 4.79 Å². The van der Waals surface area contributed by atoms with E-state index in [9.17, 15) is 4.79 Å².